The molecule has 1 saturated carbocycles. The summed E-state index contributed by atoms with van der Waals surface area (Å²) in [6, 6.07) is 0. The van der Waals surface area contributed by atoms with E-state index in [4.69, 9.17) is 0 Å². The molecule has 0 nitrogen and oxygen atoms in total. The molecule has 0 aromatic heterocycles. The van der Waals surface area contributed by atoms with Gasteiger partial charge in [-0.2, -0.15) is 11.8 Å². The Bertz CT molecular complexity index is 253. The van der Waals surface area contributed by atoms with E-state index in [0.29, 0.717) is 5.41 Å². The van der Waals surface area contributed by atoms with E-state index in [1.54, 1.807) is 0 Å². The SMILES string of the molecule is CC1CCC(C)CC1.CCC1(C)CCC=CCSCC1. The molecule has 0 N–H and O–H groups in total. The normalized spacial score (nSPS) is 35.2. The molecule has 1 aliphatic heterocycles. The molecule has 1 fully saturated rings. The molecule has 0 radical (unpaired) electrons. The summed E-state index contributed by atoms with van der Waals surface area (Å²) in [5, 5.41) is 0. The lowest BCUT2D eigenvalue weighted by Crippen LogP contribution is -2.15. The Labute approximate surface area is 132 Å². The molecular weight excluding hydrogens is 260 g/mol. The van der Waals surface area contributed by atoms with Crippen LogP contribution < -0.4 is 0 Å². The third kappa shape index (κ3) is 7.76. The highest BCUT2D eigenvalue weighted by Crippen LogP contribution is 2.33. The van der Waals surface area contributed by atoms with E-state index in [0.717, 1.165) is 11.8 Å². The van der Waals surface area contributed by atoms with E-state index in [1.165, 1.54) is 62.9 Å². The van der Waals surface area contributed by atoms with E-state index in [2.05, 4.69) is 51.6 Å². The summed E-state index contributed by atoms with van der Waals surface area (Å²) in [6.07, 6.45) is 16.0. The predicted octanol–water partition coefficient (Wildman–Crippen LogP) is 6.71. The van der Waals surface area contributed by atoms with Gasteiger partial charge in [-0.15, -0.1) is 0 Å². The highest BCUT2D eigenvalue weighted by molar-refractivity contribution is 7.99. The van der Waals surface area contributed by atoms with Crippen LogP contribution in [0.1, 0.15) is 79.1 Å². The topological polar surface area (TPSA) is 0 Å². The lowest BCUT2D eigenvalue weighted by molar-refractivity contribution is 0.278. The van der Waals surface area contributed by atoms with Crippen LogP contribution in [0.2, 0.25) is 0 Å². The molecule has 0 saturated heterocycles. The maximum Gasteiger partial charge on any atom is 0.0113 e. The van der Waals surface area contributed by atoms with Crippen molar-refractivity contribution in [1.29, 1.82) is 0 Å². The van der Waals surface area contributed by atoms with Gasteiger partial charge in [0.25, 0.3) is 0 Å². The van der Waals surface area contributed by atoms with Crippen LogP contribution in [0.4, 0.5) is 0 Å². The molecule has 2 rings (SSSR count). The van der Waals surface area contributed by atoms with Crippen molar-refractivity contribution in [1.82, 2.24) is 0 Å². The van der Waals surface area contributed by atoms with Gasteiger partial charge in [-0.1, -0.05) is 72.0 Å². The van der Waals surface area contributed by atoms with Gasteiger partial charge in [0.2, 0.25) is 0 Å². The first-order valence-corrected chi connectivity index (χ1v) is 9.94. The first-order chi connectivity index (χ1) is 9.56. The fourth-order valence-electron chi connectivity index (χ4n) is 2.99. The molecule has 0 aromatic carbocycles. The minimum absolute atomic E-state index is 0.613. The van der Waals surface area contributed by atoms with Crippen molar-refractivity contribution < 1.29 is 0 Å². The molecule has 1 aliphatic carbocycles. The van der Waals surface area contributed by atoms with Gasteiger partial charge < -0.3 is 0 Å². The summed E-state index contributed by atoms with van der Waals surface area (Å²) in [5.74, 6) is 4.60. The molecule has 1 heterocycles. The van der Waals surface area contributed by atoms with Gasteiger partial charge in [0.1, 0.15) is 0 Å². The van der Waals surface area contributed by atoms with Crippen LogP contribution in [0.5, 0.6) is 0 Å². The van der Waals surface area contributed by atoms with Gasteiger partial charge in [-0.3, -0.25) is 0 Å². The first-order valence-electron chi connectivity index (χ1n) is 8.78. The van der Waals surface area contributed by atoms with Gasteiger partial charge >= 0.3 is 0 Å². The highest BCUT2D eigenvalue weighted by atomic mass is 32.2. The number of allylic oxidation sites excluding steroid dienone is 1. The Morgan fingerprint density at radius 1 is 1.00 bits per heavy atom. The third-order valence-corrected chi connectivity index (χ3v) is 6.22. The van der Waals surface area contributed by atoms with Gasteiger partial charge in [-0.05, 0) is 42.3 Å². The summed E-state index contributed by atoms with van der Waals surface area (Å²) in [4.78, 5) is 0. The summed E-state index contributed by atoms with van der Waals surface area (Å²) < 4.78 is 0. The quantitative estimate of drug-likeness (QED) is 0.485. The standard InChI is InChI=1S/C11H20S.C8H16/c1-3-11(2)7-5-4-6-9-12-10-8-11;1-7-3-5-8(2)6-4-7/h4,6H,3,5,7-10H2,1-2H3;7-8H,3-6H2,1-2H3. The molecule has 20 heavy (non-hydrogen) atoms. The van der Waals surface area contributed by atoms with Crippen molar-refractivity contribution in [3.63, 3.8) is 0 Å². The van der Waals surface area contributed by atoms with E-state index < -0.39 is 0 Å². The van der Waals surface area contributed by atoms with Crippen molar-refractivity contribution >= 4 is 11.8 Å². The molecule has 1 atom stereocenters. The molecule has 1 unspecified atom stereocenters. The monoisotopic (exact) mass is 296 g/mol. The Hall–Kier alpha value is 0.0900. The fraction of sp³-hybridized carbons (Fsp3) is 0.895. The van der Waals surface area contributed by atoms with Crippen molar-refractivity contribution in [2.75, 3.05) is 11.5 Å². The second-order valence-corrected chi connectivity index (χ2v) is 8.51. The fourth-order valence-corrected chi connectivity index (χ4v) is 4.07. The van der Waals surface area contributed by atoms with Crippen LogP contribution in [-0.4, -0.2) is 11.5 Å². The minimum Gasteiger partial charge on any atom is -0.158 e. The molecule has 0 bridgehead atoms. The van der Waals surface area contributed by atoms with Crippen molar-refractivity contribution in [2.45, 2.75) is 79.1 Å². The summed E-state index contributed by atoms with van der Waals surface area (Å²) in [7, 11) is 0. The Balaban J connectivity index is 0.000000217. The largest absolute Gasteiger partial charge is 0.158 e. The Morgan fingerprint density at radius 2 is 1.60 bits per heavy atom. The average Bonchev–Trinajstić information content (AvgIpc) is 2.56. The first kappa shape index (κ1) is 18.1. The highest BCUT2D eigenvalue weighted by Gasteiger charge is 2.20. The maximum atomic E-state index is 2.44. The van der Waals surface area contributed by atoms with Gasteiger partial charge in [0, 0.05) is 5.75 Å². The molecule has 0 spiro atoms. The van der Waals surface area contributed by atoms with Crippen LogP contribution >= 0.6 is 11.8 Å². The van der Waals surface area contributed by atoms with Crippen LogP contribution in [0.25, 0.3) is 0 Å². The summed E-state index contributed by atoms with van der Waals surface area (Å²) >= 11 is 2.07. The van der Waals surface area contributed by atoms with E-state index in [9.17, 15) is 0 Å². The lowest BCUT2D eigenvalue weighted by Gasteiger charge is -2.27. The third-order valence-electron chi connectivity index (χ3n) is 5.30. The second-order valence-electron chi connectivity index (χ2n) is 7.36. The second kappa shape index (κ2) is 9.92. The summed E-state index contributed by atoms with van der Waals surface area (Å²) in [6.45, 7) is 9.50. The average molecular weight is 297 g/mol. The van der Waals surface area contributed by atoms with Gasteiger partial charge in [-0.25, -0.2) is 0 Å². The summed E-state index contributed by atoms with van der Waals surface area (Å²) in [5.41, 5.74) is 0.613. The van der Waals surface area contributed by atoms with Gasteiger partial charge in [0.15, 0.2) is 0 Å². The van der Waals surface area contributed by atoms with Crippen molar-refractivity contribution in [2.24, 2.45) is 17.3 Å². The lowest BCUT2D eigenvalue weighted by atomic mass is 9.80. The van der Waals surface area contributed by atoms with Crippen LogP contribution in [-0.2, 0) is 0 Å². The van der Waals surface area contributed by atoms with Crippen LogP contribution in [0, 0.1) is 17.3 Å². The van der Waals surface area contributed by atoms with E-state index >= 15 is 0 Å². The Morgan fingerprint density at radius 3 is 2.15 bits per heavy atom. The molecule has 1 heteroatoms. The van der Waals surface area contributed by atoms with Crippen molar-refractivity contribution in [3.8, 4) is 0 Å². The maximum absolute atomic E-state index is 2.44. The molecule has 118 valence electrons. The number of thioether (sulfide) groups is 1. The molecular formula is C19H36S. The smallest absolute Gasteiger partial charge is 0.0113 e. The van der Waals surface area contributed by atoms with Gasteiger partial charge in [0.05, 0.1) is 0 Å². The zero-order valence-corrected chi connectivity index (χ0v) is 15.1. The Kier molecular flexibility index (Phi) is 9.00. The molecule has 0 aromatic rings. The minimum atomic E-state index is 0.613. The zero-order chi connectivity index (χ0) is 14.8. The van der Waals surface area contributed by atoms with E-state index in [1.807, 2.05) is 0 Å². The van der Waals surface area contributed by atoms with Crippen molar-refractivity contribution in [3.05, 3.63) is 12.2 Å². The predicted molar refractivity (Wildman–Crippen MR) is 95.5 cm³/mol. The van der Waals surface area contributed by atoms with E-state index in [-0.39, 0.29) is 0 Å². The zero-order valence-electron chi connectivity index (χ0n) is 14.3. The number of rotatable bonds is 1. The molecule has 2 aliphatic rings. The number of hydrogen-bond acceptors (Lipinski definition) is 1. The van der Waals surface area contributed by atoms with Crippen LogP contribution in [0.3, 0.4) is 0 Å². The van der Waals surface area contributed by atoms with Crippen LogP contribution in [0.15, 0.2) is 12.2 Å². The molecule has 0 amide bonds. The number of hydrogen-bond donors (Lipinski definition) is 0.